The second kappa shape index (κ2) is 5.11. The van der Waals surface area contributed by atoms with E-state index in [0.717, 1.165) is 6.21 Å². The molecule has 0 spiro atoms. The minimum Gasteiger partial charge on any atom is -0.461 e. The second-order valence-electron chi connectivity index (χ2n) is 1.63. The van der Waals surface area contributed by atoms with Crippen molar-refractivity contribution in [2.75, 3.05) is 6.61 Å². The molecule has 0 heterocycles. The van der Waals surface area contributed by atoms with Crippen molar-refractivity contribution in [2.24, 2.45) is 5.73 Å². The zero-order valence-corrected chi connectivity index (χ0v) is 8.21. The Balaban J connectivity index is 4.33. The Morgan fingerprint density at radius 1 is 1.82 bits per heavy atom. The molecule has 4 nitrogen and oxygen atoms in total. The van der Waals surface area contributed by atoms with Gasteiger partial charge in [-0.25, -0.2) is 4.79 Å². The van der Waals surface area contributed by atoms with Gasteiger partial charge in [0.15, 0.2) is 0 Å². The number of rotatable bonds is 3. The maximum atomic E-state index is 10.8. The predicted molar refractivity (Wildman–Crippen MR) is 50.7 cm³/mol. The predicted octanol–water partition coefficient (Wildman–Crippen LogP) is 0.804. The largest absolute Gasteiger partial charge is 0.461 e. The molecule has 0 aliphatic rings. The molecule has 0 radical (unpaired) electrons. The third-order valence-corrected chi connectivity index (χ3v) is 1.77. The molecule has 3 N–H and O–H groups in total. The lowest BCUT2D eigenvalue weighted by atomic mass is 10.4. The smallest absolute Gasteiger partial charge is 0.355 e. The van der Waals surface area contributed by atoms with Crippen molar-refractivity contribution < 1.29 is 9.53 Å². The first-order valence-corrected chi connectivity index (χ1v) is 4.04. The summed E-state index contributed by atoms with van der Waals surface area (Å²) in [7, 11) is 0. The lowest BCUT2D eigenvalue weighted by Crippen LogP contribution is -2.16. The maximum Gasteiger partial charge on any atom is 0.355 e. The molecule has 0 aromatic heterocycles. The molecule has 0 aliphatic carbocycles. The molecule has 0 aromatic rings. The van der Waals surface area contributed by atoms with Crippen LogP contribution in [0.4, 0.5) is 0 Å². The number of ether oxygens (including phenoxy) is 1. The van der Waals surface area contributed by atoms with Crippen molar-refractivity contribution in [2.45, 2.75) is 6.92 Å². The molecule has 0 atom stereocenters. The Hall–Kier alpha value is -0.590. The van der Waals surface area contributed by atoms with E-state index in [1.54, 1.807) is 29.5 Å². The van der Waals surface area contributed by atoms with Crippen LogP contribution in [0.3, 0.4) is 0 Å². The molecule has 0 saturated heterocycles. The summed E-state index contributed by atoms with van der Waals surface area (Å²) in [6.07, 6.45) is 1.01. The fourth-order valence-electron chi connectivity index (χ4n) is 0.384. The van der Waals surface area contributed by atoms with E-state index in [2.05, 4.69) is 4.74 Å². The summed E-state index contributed by atoms with van der Waals surface area (Å²) in [5.74, 6) is -0.569. The van der Waals surface area contributed by atoms with Crippen molar-refractivity contribution in [1.29, 1.82) is 5.41 Å². The summed E-state index contributed by atoms with van der Waals surface area (Å²) in [6.45, 7) is 1.99. The van der Waals surface area contributed by atoms with E-state index in [1.165, 1.54) is 0 Å². The van der Waals surface area contributed by atoms with Gasteiger partial charge in [0.25, 0.3) is 0 Å². The fourth-order valence-corrected chi connectivity index (χ4v) is 0.604. The molecule has 0 fully saturated rings. The average molecular weight is 268 g/mol. The zero-order chi connectivity index (χ0) is 8.85. The quantitative estimate of drug-likeness (QED) is 0.344. The second-order valence-corrected chi connectivity index (χ2v) is 2.79. The molecule has 0 amide bonds. The van der Waals surface area contributed by atoms with Gasteiger partial charge in [0.2, 0.25) is 0 Å². The van der Waals surface area contributed by atoms with Crippen LogP contribution in [0, 0.1) is 5.41 Å². The number of nitrogens with two attached hydrogens (primary N) is 1. The lowest BCUT2D eigenvalue weighted by molar-refractivity contribution is -0.138. The van der Waals surface area contributed by atoms with Gasteiger partial charge in [-0.2, -0.15) is 0 Å². The Morgan fingerprint density at radius 3 is 2.73 bits per heavy atom. The summed E-state index contributed by atoms with van der Waals surface area (Å²) in [6, 6.07) is 0. The number of halogens is 1. The van der Waals surface area contributed by atoms with Crippen LogP contribution in [0.1, 0.15) is 6.92 Å². The molecule has 0 aliphatic heterocycles. The molecule has 0 saturated carbocycles. The van der Waals surface area contributed by atoms with Gasteiger partial charge in [0.1, 0.15) is 5.70 Å². The number of esters is 1. The van der Waals surface area contributed by atoms with Crippen molar-refractivity contribution in [3.63, 3.8) is 0 Å². The van der Waals surface area contributed by atoms with Crippen molar-refractivity contribution in [3.05, 3.63) is 9.28 Å². The highest BCUT2D eigenvalue weighted by atomic mass is 127. The molecule has 0 aromatic carbocycles. The normalized spacial score (nSPS) is 11.8. The molecule has 0 rings (SSSR count). The van der Waals surface area contributed by atoms with E-state index in [-0.39, 0.29) is 5.70 Å². The highest BCUT2D eigenvalue weighted by Gasteiger charge is 2.08. The first kappa shape index (κ1) is 10.4. The molecule has 0 unspecified atom stereocenters. The van der Waals surface area contributed by atoms with Crippen LogP contribution in [0.25, 0.3) is 0 Å². The van der Waals surface area contributed by atoms with E-state index in [4.69, 9.17) is 11.1 Å². The number of hydrogen-bond donors (Lipinski definition) is 2. The van der Waals surface area contributed by atoms with Crippen molar-refractivity contribution >= 4 is 34.8 Å². The number of allylic oxidation sites excluding steroid dienone is 1. The lowest BCUT2D eigenvalue weighted by Gasteiger charge is -2.01. The number of carbonyl (C=O) groups excluding carboxylic acids is 1. The number of carbonyl (C=O) groups is 1. The average Bonchev–Trinajstić information content (AvgIpc) is 2.02. The van der Waals surface area contributed by atoms with Crippen molar-refractivity contribution in [3.8, 4) is 0 Å². The van der Waals surface area contributed by atoms with Crippen molar-refractivity contribution in [1.82, 2.24) is 0 Å². The monoisotopic (exact) mass is 268 g/mol. The van der Waals surface area contributed by atoms with Gasteiger partial charge < -0.3 is 15.9 Å². The molecule has 5 heteroatoms. The highest BCUT2D eigenvalue weighted by molar-refractivity contribution is 14.1. The number of nitrogens with one attached hydrogen (secondary N) is 1. The summed E-state index contributed by atoms with van der Waals surface area (Å²) < 4.78 is 4.99. The van der Waals surface area contributed by atoms with Crippen LogP contribution in [0.15, 0.2) is 9.28 Å². The first-order valence-electron chi connectivity index (χ1n) is 2.96. The van der Waals surface area contributed by atoms with E-state index < -0.39 is 5.97 Å². The van der Waals surface area contributed by atoms with Gasteiger partial charge in [-0.15, -0.1) is 0 Å². The van der Waals surface area contributed by atoms with Crippen LogP contribution < -0.4 is 5.73 Å². The molecule has 11 heavy (non-hydrogen) atoms. The fraction of sp³-hybridized carbons (Fsp3) is 0.333. The standard InChI is InChI=1S/C6H9IN2O2/c1-2-11-6(10)5(9)4(7)3-8/h3,8H,2,9H2,1H3. The first-order chi connectivity index (χ1) is 5.13. The van der Waals surface area contributed by atoms with E-state index in [0.29, 0.717) is 10.2 Å². The SMILES string of the molecule is CCOC(=O)C(N)=C(I)C=N. The van der Waals surface area contributed by atoms with Gasteiger partial charge in [0.05, 0.1) is 10.2 Å². The maximum absolute atomic E-state index is 10.8. The number of hydrogen-bond acceptors (Lipinski definition) is 4. The Kier molecular flexibility index (Phi) is 4.84. The van der Waals surface area contributed by atoms with Crippen LogP contribution in [0.2, 0.25) is 0 Å². The topological polar surface area (TPSA) is 76.2 Å². The van der Waals surface area contributed by atoms with Gasteiger partial charge in [0, 0.05) is 6.21 Å². The van der Waals surface area contributed by atoms with E-state index in [9.17, 15) is 4.79 Å². The summed E-state index contributed by atoms with van der Waals surface area (Å²) in [4.78, 5) is 10.8. The summed E-state index contributed by atoms with van der Waals surface area (Å²) in [5, 5.41) is 6.79. The van der Waals surface area contributed by atoms with Crippen LogP contribution in [0.5, 0.6) is 0 Å². The summed E-state index contributed by atoms with van der Waals surface area (Å²) >= 11 is 1.80. The third-order valence-electron chi connectivity index (χ3n) is 0.879. The molecular formula is C6H9IN2O2. The third kappa shape index (κ3) is 3.35. The van der Waals surface area contributed by atoms with Crippen LogP contribution >= 0.6 is 22.6 Å². The highest BCUT2D eigenvalue weighted by Crippen LogP contribution is 2.06. The molecule has 62 valence electrons. The van der Waals surface area contributed by atoms with Gasteiger partial charge >= 0.3 is 5.97 Å². The Morgan fingerprint density at radius 2 is 2.36 bits per heavy atom. The minimum atomic E-state index is -0.569. The van der Waals surface area contributed by atoms with Gasteiger partial charge in [-0.1, -0.05) is 0 Å². The van der Waals surface area contributed by atoms with E-state index >= 15 is 0 Å². The van der Waals surface area contributed by atoms with Crippen LogP contribution in [-0.4, -0.2) is 18.8 Å². The zero-order valence-electron chi connectivity index (χ0n) is 6.06. The Bertz CT molecular complexity index is 201. The minimum absolute atomic E-state index is 0.0116. The van der Waals surface area contributed by atoms with E-state index in [1.807, 2.05) is 0 Å². The molecular weight excluding hydrogens is 259 g/mol. The Labute approximate surface area is 78.4 Å². The summed E-state index contributed by atoms with van der Waals surface area (Å²) in [5.41, 5.74) is 5.29. The van der Waals surface area contributed by atoms with Crippen LogP contribution in [-0.2, 0) is 9.53 Å². The molecule has 0 bridgehead atoms. The van der Waals surface area contributed by atoms with Gasteiger partial charge in [-0.05, 0) is 29.5 Å². The van der Waals surface area contributed by atoms with Gasteiger partial charge in [-0.3, -0.25) is 0 Å².